The van der Waals surface area contributed by atoms with Gasteiger partial charge in [0.2, 0.25) is 0 Å². The lowest BCUT2D eigenvalue weighted by Gasteiger charge is -2.02. The van der Waals surface area contributed by atoms with Crippen LogP contribution in [0, 0.1) is 10.1 Å². The molecule has 6 heteroatoms. The maximum atomic E-state index is 11.0. The third kappa shape index (κ3) is 2.81. The molecule has 0 aromatic carbocycles. The molecule has 0 saturated carbocycles. The molecule has 1 rings (SSSR count). The first kappa shape index (κ1) is 13.2. The van der Waals surface area contributed by atoms with Crippen molar-refractivity contribution in [2.24, 2.45) is 7.05 Å². The Balaban J connectivity index is 3.18. The number of aromatic nitrogens is 2. The Bertz CT molecular complexity index is 388. The van der Waals surface area contributed by atoms with Gasteiger partial charge in [0.1, 0.15) is 11.4 Å². The number of hydrogen-bond donors (Lipinski definition) is 0. The number of nitrogens with zero attached hydrogens (tertiary/aromatic N) is 3. The fourth-order valence-corrected chi connectivity index (χ4v) is 2.03. The highest BCUT2D eigenvalue weighted by Crippen LogP contribution is 2.26. The van der Waals surface area contributed by atoms with Crippen LogP contribution < -0.4 is 0 Å². The van der Waals surface area contributed by atoms with Crippen molar-refractivity contribution in [3.63, 3.8) is 0 Å². The van der Waals surface area contributed by atoms with E-state index in [9.17, 15) is 10.1 Å². The summed E-state index contributed by atoms with van der Waals surface area (Å²) < 4.78 is 1.63. The predicted octanol–water partition coefficient (Wildman–Crippen LogP) is 2.61. The van der Waals surface area contributed by atoms with Gasteiger partial charge in [-0.15, -0.1) is 0 Å². The third-order valence-electron chi connectivity index (χ3n) is 2.35. The zero-order valence-corrected chi connectivity index (χ0v) is 11.3. The summed E-state index contributed by atoms with van der Waals surface area (Å²) >= 11 is 3.41. The molecular weight excluding hydrogens is 274 g/mol. The highest BCUT2D eigenvalue weighted by atomic mass is 79.9. The second-order valence-corrected chi connectivity index (χ2v) is 5.42. The van der Waals surface area contributed by atoms with Crippen LogP contribution in [0.3, 0.4) is 0 Å². The van der Waals surface area contributed by atoms with Gasteiger partial charge >= 0.3 is 5.69 Å². The lowest BCUT2D eigenvalue weighted by molar-refractivity contribution is -0.386. The molecule has 0 amide bonds. The number of rotatable bonds is 5. The Hall–Kier alpha value is -0.910. The average Bonchev–Trinajstić information content (AvgIpc) is 2.43. The molecule has 1 unspecified atom stereocenters. The molecule has 0 radical (unpaired) electrons. The number of halogens is 1. The molecule has 0 N–H and O–H groups in total. The van der Waals surface area contributed by atoms with E-state index in [2.05, 4.69) is 21.0 Å². The van der Waals surface area contributed by atoms with Crippen molar-refractivity contribution in [1.29, 1.82) is 0 Å². The van der Waals surface area contributed by atoms with Crippen molar-refractivity contribution in [3.05, 3.63) is 21.5 Å². The summed E-state index contributed by atoms with van der Waals surface area (Å²) in [5, 5.41) is 15.3. The normalized spacial score (nSPS) is 12.8. The molecule has 0 aliphatic heterocycles. The second kappa shape index (κ2) is 5.43. The third-order valence-corrected chi connectivity index (χ3v) is 2.68. The summed E-state index contributed by atoms with van der Waals surface area (Å²) in [4.78, 5) is 10.9. The molecule has 90 valence electrons. The van der Waals surface area contributed by atoms with Gasteiger partial charge in [-0.2, -0.15) is 5.10 Å². The number of aryl methyl sites for hydroxylation is 2. The lowest BCUT2D eigenvalue weighted by Crippen LogP contribution is -2.06. The van der Waals surface area contributed by atoms with Crippen LogP contribution in [0.25, 0.3) is 0 Å². The van der Waals surface area contributed by atoms with E-state index in [1.807, 2.05) is 13.8 Å². The Labute approximate surface area is 103 Å². The molecule has 0 aliphatic rings. The van der Waals surface area contributed by atoms with E-state index < -0.39 is 0 Å². The van der Waals surface area contributed by atoms with Crippen LogP contribution in [0.4, 0.5) is 5.69 Å². The maximum absolute atomic E-state index is 11.0. The van der Waals surface area contributed by atoms with E-state index in [1.165, 1.54) is 0 Å². The van der Waals surface area contributed by atoms with Gasteiger partial charge in [-0.1, -0.05) is 36.2 Å². The minimum atomic E-state index is -0.317. The van der Waals surface area contributed by atoms with Crippen LogP contribution in [0.5, 0.6) is 0 Å². The fraction of sp³-hybridized carbons (Fsp3) is 0.700. The minimum Gasteiger partial charge on any atom is -0.265 e. The Morgan fingerprint density at radius 2 is 2.25 bits per heavy atom. The molecule has 1 heterocycles. The standard InChI is InChI=1S/C10H16BrN3O2/c1-4-5-8-10(14(15)16)9(6-7(2)11)13(3)12-8/h7H,4-6H2,1-3H3. The van der Waals surface area contributed by atoms with Crippen LogP contribution in [-0.4, -0.2) is 19.5 Å². The van der Waals surface area contributed by atoms with E-state index in [0.29, 0.717) is 24.2 Å². The van der Waals surface area contributed by atoms with Gasteiger partial charge in [-0.25, -0.2) is 0 Å². The van der Waals surface area contributed by atoms with Crippen molar-refractivity contribution in [3.8, 4) is 0 Å². The van der Waals surface area contributed by atoms with Gasteiger partial charge in [0, 0.05) is 18.3 Å². The summed E-state index contributed by atoms with van der Waals surface area (Å²) in [7, 11) is 1.76. The van der Waals surface area contributed by atoms with E-state index >= 15 is 0 Å². The average molecular weight is 290 g/mol. The quantitative estimate of drug-likeness (QED) is 0.476. The highest BCUT2D eigenvalue weighted by molar-refractivity contribution is 9.09. The smallest absolute Gasteiger partial charge is 0.265 e. The Kier molecular flexibility index (Phi) is 4.46. The molecule has 1 aromatic rings. The first-order valence-electron chi connectivity index (χ1n) is 5.30. The van der Waals surface area contributed by atoms with E-state index in [1.54, 1.807) is 11.7 Å². The summed E-state index contributed by atoms with van der Waals surface area (Å²) in [6, 6.07) is 0. The molecule has 0 fully saturated rings. The van der Waals surface area contributed by atoms with Crippen LogP contribution >= 0.6 is 15.9 Å². The summed E-state index contributed by atoms with van der Waals surface area (Å²) in [6.07, 6.45) is 2.13. The summed E-state index contributed by atoms with van der Waals surface area (Å²) in [6.45, 7) is 3.96. The van der Waals surface area contributed by atoms with Crippen molar-refractivity contribution in [1.82, 2.24) is 9.78 Å². The minimum absolute atomic E-state index is 0.190. The van der Waals surface area contributed by atoms with Gasteiger partial charge in [0.05, 0.1) is 4.92 Å². The predicted molar refractivity (Wildman–Crippen MR) is 66.0 cm³/mol. The molecular formula is C10H16BrN3O2. The first-order valence-corrected chi connectivity index (χ1v) is 6.22. The zero-order chi connectivity index (χ0) is 12.3. The van der Waals surface area contributed by atoms with Crippen LogP contribution in [0.2, 0.25) is 0 Å². The molecule has 0 spiro atoms. The molecule has 1 atom stereocenters. The van der Waals surface area contributed by atoms with Crippen molar-refractivity contribution >= 4 is 21.6 Å². The topological polar surface area (TPSA) is 61.0 Å². The molecule has 5 nitrogen and oxygen atoms in total. The monoisotopic (exact) mass is 289 g/mol. The number of alkyl halides is 1. The Morgan fingerprint density at radius 3 is 2.69 bits per heavy atom. The zero-order valence-electron chi connectivity index (χ0n) is 9.73. The number of hydrogen-bond acceptors (Lipinski definition) is 3. The molecule has 0 saturated heterocycles. The highest BCUT2D eigenvalue weighted by Gasteiger charge is 2.26. The Morgan fingerprint density at radius 1 is 1.62 bits per heavy atom. The van der Waals surface area contributed by atoms with Crippen molar-refractivity contribution in [2.45, 2.75) is 37.9 Å². The fourth-order valence-electron chi connectivity index (χ4n) is 1.72. The van der Waals surface area contributed by atoms with Crippen LogP contribution in [0.15, 0.2) is 0 Å². The van der Waals surface area contributed by atoms with Crippen molar-refractivity contribution in [2.75, 3.05) is 0 Å². The van der Waals surface area contributed by atoms with Crippen LogP contribution in [0.1, 0.15) is 31.7 Å². The second-order valence-electron chi connectivity index (χ2n) is 3.86. The van der Waals surface area contributed by atoms with Gasteiger partial charge in [-0.3, -0.25) is 14.8 Å². The van der Waals surface area contributed by atoms with E-state index in [4.69, 9.17) is 0 Å². The first-order chi connectivity index (χ1) is 7.47. The number of nitro groups is 1. The van der Waals surface area contributed by atoms with Crippen molar-refractivity contribution < 1.29 is 4.92 Å². The van der Waals surface area contributed by atoms with Crippen LogP contribution in [-0.2, 0) is 19.9 Å². The van der Waals surface area contributed by atoms with Gasteiger partial charge in [0.25, 0.3) is 0 Å². The largest absolute Gasteiger partial charge is 0.313 e. The molecule has 0 aliphatic carbocycles. The SMILES string of the molecule is CCCc1nn(C)c(CC(C)Br)c1[N+](=O)[O-]. The molecule has 1 aromatic heterocycles. The van der Waals surface area contributed by atoms with E-state index in [0.717, 1.165) is 6.42 Å². The lowest BCUT2D eigenvalue weighted by atomic mass is 10.1. The molecule has 16 heavy (non-hydrogen) atoms. The summed E-state index contributed by atoms with van der Waals surface area (Å²) in [5.74, 6) is 0. The van der Waals surface area contributed by atoms with Gasteiger partial charge in [0.15, 0.2) is 0 Å². The molecule has 0 bridgehead atoms. The van der Waals surface area contributed by atoms with Gasteiger partial charge < -0.3 is 0 Å². The van der Waals surface area contributed by atoms with Gasteiger partial charge in [-0.05, 0) is 6.42 Å². The maximum Gasteiger partial charge on any atom is 0.313 e. The van der Waals surface area contributed by atoms with E-state index in [-0.39, 0.29) is 15.4 Å². The summed E-state index contributed by atoms with van der Waals surface area (Å²) in [5.41, 5.74) is 1.48.